The Morgan fingerprint density at radius 2 is 1.75 bits per heavy atom. The molecule has 0 aromatic rings. The predicted molar refractivity (Wildman–Crippen MR) is 63.9 cm³/mol. The maximum absolute atomic E-state index is 10.6. The summed E-state index contributed by atoms with van der Waals surface area (Å²) in [5, 5.41) is 10.6. The van der Waals surface area contributed by atoms with Crippen molar-refractivity contribution in [2.45, 2.75) is 59.0 Å². The van der Waals surface area contributed by atoms with Crippen molar-refractivity contribution in [3.05, 3.63) is 0 Å². The molecule has 1 N–H and O–H groups in total. The number of aliphatic hydroxyl groups excluding tert-OH is 1. The van der Waals surface area contributed by atoms with Crippen molar-refractivity contribution in [3.63, 3.8) is 0 Å². The highest BCUT2D eigenvalue weighted by Crippen LogP contribution is 2.86. The zero-order valence-electron chi connectivity index (χ0n) is 10.8. The van der Waals surface area contributed by atoms with Crippen molar-refractivity contribution in [1.82, 2.24) is 0 Å². The summed E-state index contributed by atoms with van der Waals surface area (Å²) in [7, 11) is 0. The van der Waals surface area contributed by atoms with Crippen LogP contribution in [0.4, 0.5) is 0 Å². The maximum Gasteiger partial charge on any atom is 0.0602 e. The van der Waals surface area contributed by atoms with Crippen molar-refractivity contribution < 1.29 is 5.11 Å². The standard InChI is InChI=1S/C15H24O/c1-9-4-5-12(16)15-7-11-10(6-14(9,15)3)13(11,2)8-15/h9-12,16H,4-8H2,1-3H3/t9-,10-,11+,12-,13-,14+,15+/m1/s1. The van der Waals surface area contributed by atoms with E-state index in [9.17, 15) is 5.11 Å². The van der Waals surface area contributed by atoms with Gasteiger partial charge in [-0.1, -0.05) is 20.8 Å². The van der Waals surface area contributed by atoms with Gasteiger partial charge in [-0.3, -0.25) is 0 Å². The minimum atomic E-state index is -0.000671. The maximum atomic E-state index is 10.6. The molecule has 5 aliphatic rings. The van der Waals surface area contributed by atoms with E-state index in [1.54, 1.807) is 0 Å². The van der Waals surface area contributed by atoms with E-state index >= 15 is 0 Å². The summed E-state index contributed by atoms with van der Waals surface area (Å²) < 4.78 is 0. The highest BCUT2D eigenvalue weighted by Gasteiger charge is 2.80. The molecule has 0 radical (unpaired) electrons. The summed E-state index contributed by atoms with van der Waals surface area (Å²) >= 11 is 0. The second-order valence-corrected chi connectivity index (χ2v) is 7.87. The van der Waals surface area contributed by atoms with Crippen LogP contribution in [0, 0.1) is 34.0 Å². The molecule has 1 heteroatoms. The summed E-state index contributed by atoms with van der Waals surface area (Å²) in [6.07, 6.45) is 6.39. The molecule has 1 spiro atoms. The Balaban J connectivity index is 1.83. The Hall–Kier alpha value is -0.0400. The Bertz CT molecular complexity index is 364. The van der Waals surface area contributed by atoms with E-state index in [1.165, 1.54) is 25.7 Å². The number of rotatable bonds is 0. The second kappa shape index (κ2) is 2.39. The third kappa shape index (κ3) is 0.749. The summed E-state index contributed by atoms with van der Waals surface area (Å²) in [5.74, 6) is 2.80. The van der Waals surface area contributed by atoms with Crippen LogP contribution >= 0.6 is 0 Å². The van der Waals surface area contributed by atoms with Crippen LogP contribution in [0.25, 0.3) is 0 Å². The molecule has 90 valence electrons. The summed E-state index contributed by atoms with van der Waals surface area (Å²) in [4.78, 5) is 0. The summed E-state index contributed by atoms with van der Waals surface area (Å²) in [6, 6.07) is 0. The van der Waals surface area contributed by atoms with Gasteiger partial charge in [-0.05, 0) is 60.7 Å². The van der Waals surface area contributed by atoms with Crippen LogP contribution < -0.4 is 0 Å². The first-order valence-corrected chi connectivity index (χ1v) is 7.12. The van der Waals surface area contributed by atoms with Crippen molar-refractivity contribution in [3.8, 4) is 0 Å². The molecule has 16 heavy (non-hydrogen) atoms. The van der Waals surface area contributed by atoms with Gasteiger partial charge in [0.05, 0.1) is 6.10 Å². The molecule has 0 amide bonds. The molecule has 5 aliphatic carbocycles. The predicted octanol–water partition coefficient (Wildman–Crippen LogP) is 3.22. The van der Waals surface area contributed by atoms with Gasteiger partial charge < -0.3 is 5.11 Å². The molecule has 5 fully saturated rings. The van der Waals surface area contributed by atoms with Crippen molar-refractivity contribution >= 4 is 0 Å². The summed E-state index contributed by atoms with van der Waals surface area (Å²) in [6.45, 7) is 7.42. The molecule has 0 aromatic carbocycles. The van der Waals surface area contributed by atoms with Crippen LogP contribution in [0.5, 0.6) is 0 Å². The quantitative estimate of drug-likeness (QED) is 0.664. The fourth-order valence-corrected chi connectivity index (χ4v) is 6.35. The molecule has 0 aromatic heterocycles. The van der Waals surface area contributed by atoms with E-state index in [-0.39, 0.29) is 6.10 Å². The smallest absolute Gasteiger partial charge is 0.0602 e. The fourth-order valence-electron chi connectivity index (χ4n) is 6.35. The number of hydrogen-bond acceptors (Lipinski definition) is 1. The molecule has 0 saturated heterocycles. The Kier molecular flexibility index (Phi) is 1.48. The van der Waals surface area contributed by atoms with Gasteiger partial charge in [0.15, 0.2) is 0 Å². The van der Waals surface area contributed by atoms with Gasteiger partial charge in [0.25, 0.3) is 0 Å². The van der Waals surface area contributed by atoms with Crippen LogP contribution in [-0.2, 0) is 0 Å². The normalized spacial score (nSPS) is 71.2. The lowest BCUT2D eigenvalue weighted by atomic mass is 9.44. The van der Waals surface area contributed by atoms with Gasteiger partial charge in [-0.25, -0.2) is 0 Å². The Morgan fingerprint density at radius 1 is 1.06 bits per heavy atom. The lowest BCUT2D eigenvalue weighted by molar-refractivity contribution is -0.172. The zero-order valence-corrected chi connectivity index (χ0v) is 10.8. The third-order valence-corrected chi connectivity index (χ3v) is 7.73. The SMILES string of the molecule is C[C@@H]1CC[C@@H](O)[C@@]23C[C@H]4[C@@H](C[C@@]12C)[C@@]4(C)C3. The highest BCUT2D eigenvalue weighted by molar-refractivity contribution is 5.28. The van der Waals surface area contributed by atoms with Gasteiger partial charge in [0.1, 0.15) is 0 Å². The van der Waals surface area contributed by atoms with Crippen LogP contribution in [0.1, 0.15) is 52.9 Å². The van der Waals surface area contributed by atoms with Crippen LogP contribution in [-0.4, -0.2) is 11.2 Å². The molecular weight excluding hydrogens is 196 g/mol. The second-order valence-electron chi connectivity index (χ2n) is 7.87. The molecular formula is C15H24O. The molecule has 5 rings (SSSR count). The number of aliphatic hydroxyl groups is 1. The van der Waals surface area contributed by atoms with Gasteiger partial charge in [0.2, 0.25) is 0 Å². The van der Waals surface area contributed by atoms with E-state index in [2.05, 4.69) is 20.8 Å². The zero-order chi connectivity index (χ0) is 11.3. The topological polar surface area (TPSA) is 20.2 Å². The van der Waals surface area contributed by atoms with Crippen LogP contribution in [0.3, 0.4) is 0 Å². The average molecular weight is 220 g/mol. The first kappa shape index (κ1) is 9.94. The van der Waals surface area contributed by atoms with Crippen molar-refractivity contribution in [2.75, 3.05) is 0 Å². The molecule has 0 unspecified atom stereocenters. The Labute approximate surface area is 98.6 Å². The van der Waals surface area contributed by atoms with E-state index in [1.807, 2.05) is 0 Å². The van der Waals surface area contributed by atoms with Gasteiger partial charge >= 0.3 is 0 Å². The monoisotopic (exact) mass is 220 g/mol. The highest BCUT2D eigenvalue weighted by atomic mass is 16.3. The molecule has 5 saturated carbocycles. The third-order valence-electron chi connectivity index (χ3n) is 7.73. The molecule has 0 heterocycles. The van der Waals surface area contributed by atoms with Gasteiger partial charge in [-0.15, -0.1) is 0 Å². The number of hydrogen-bond donors (Lipinski definition) is 1. The van der Waals surface area contributed by atoms with E-state index in [0.717, 1.165) is 24.2 Å². The van der Waals surface area contributed by atoms with Crippen LogP contribution in [0.2, 0.25) is 0 Å². The largest absolute Gasteiger partial charge is 0.393 e. The first-order valence-electron chi connectivity index (χ1n) is 7.12. The summed E-state index contributed by atoms with van der Waals surface area (Å²) in [5.41, 5.74) is 1.39. The first-order chi connectivity index (χ1) is 7.44. The minimum Gasteiger partial charge on any atom is -0.393 e. The fraction of sp³-hybridized carbons (Fsp3) is 1.00. The van der Waals surface area contributed by atoms with Gasteiger partial charge in [0, 0.05) is 5.41 Å². The molecule has 4 bridgehead atoms. The van der Waals surface area contributed by atoms with Crippen molar-refractivity contribution in [1.29, 1.82) is 0 Å². The molecule has 1 nitrogen and oxygen atoms in total. The molecule has 0 aliphatic heterocycles. The molecule has 7 atom stereocenters. The van der Waals surface area contributed by atoms with E-state index < -0.39 is 0 Å². The van der Waals surface area contributed by atoms with Gasteiger partial charge in [-0.2, -0.15) is 0 Å². The van der Waals surface area contributed by atoms with Crippen molar-refractivity contribution in [2.24, 2.45) is 34.0 Å². The average Bonchev–Trinajstić information content (AvgIpc) is 2.66. The van der Waals surface area contributed by atoms with Crippen LogP contribution in [0.15, 0.2) is 0 Å². The lowest BCUT2D eigenvalue weighted by Crippen LogP contribution is -2.58. The van der Waals surface area contributed by atoms with E-state index in [4.69, 9.17) is 0 Å². The minimum absolute atomic E-state index is 0.000671. The van der Waals surface area contributed by atoms with E-state index in [0.29, 0.717) is 16.2 Å². The lowest BCUT2D eigenvalue weighted by Gasteiger charge is -2.61. The Morgan fingerprint density at radius 3 is 2.38 bits per heavy atom.